The van der Waals surface area contributed by atoms with Crippen LogP contribution >= 0.6 is 22.6 Å². The minimum atomic E-state index is -0.994. The van der Waals surface area contributed by atoms with Crippen LogP contribution in [0.3, 0.4) is 0 Å². The SMILES string of the molecule is CC(C(=O)O)c1cc(I)cc([N+](=O)[O-])c1. The van der Waals surface area contributed by atoms with Crippen LogP contribution in [0, 0.1) is 13.7 Å². The summed E-state index contributed by atoms with van der Waals surface area (Å²) in [5, 5.41) is 19.3. The van der Waals surface area contributed by atoms with Gasteiger partial charge in [-0.3, -0.25) is 14.9 Å². The Bertz CT molecular complexity index is 419. The number of halogens is 1. The number of nitro benzene ring substituents is 1. The van der Waals surface area contributed by atoms with E-state index in [1.807, 2.05) is 22.6 Å². The molecule has 1 unspecified atom stereocenters. The van der Waals surface area contributed by atoms with Crippen molar-refractivity contribution in [2.45, 2.75) is 12.8 Å². The number of rotatable bonds is 3. The highest BCUT2D eigenvalue weighted by atomic mass is 127. The summed E-state index contributed by atoms with van der Waals surface area (Å²) in [5.41, 5.74) is 0.367. The first-order chi connectivity index (χ1) is 6.91. The van der Waals surface area contributed by atoms with Crippen LogP contribution < -0.4 is 0 Å². The van der Waals surface area contributed by atoms with Crippen LogP contribution in [0.25, 0.3) is 0 Å². The van der Waals surface area contributed by atoms with E-state index in [1.54, 1.807) is 6.07 Å². The maximum absolute atomic E-state index is 10.7. The molecule has 0 spiro atoms. The topological polar surface area (TPSA) is 80.4 Å². The van der Waals surface area contributed by atoms with E-state index in [0.717, 1.165) is 0 Å². The molecule has 0 saturated carbocycles. The zero-order valence-corrected chi connectivity index (χ0v) is 9.96. The summed E-state index contributed by atoms with van der Waals surface area (Å²) < 4.78 is 0.657. The average molecular weight is 321 g/mol. The Labute approximate surface area is 99.4 Å². The van der Waals surface area contributed by atoms with Crippen molar-refractivity contribution in [1.82, 2.24) is 0 Å². The van der Waals surface area contributed by atoms with E-state index >= 15 is 0 Å². The molecule has 0 aliphatic rings. The highest BCUT2D eigenvalue weighted by molar-refractivity contribution is 14.1. The molecule has 0 amide bonds. The molecule has 15 heavy (non-hydrogen) atoms. The van der Waals surface area contributed by atoms with E-state index in [4.69, 9.17) is 5.11 Å². The van der Waals surface area contributed by atoms with E-state index in [-0.39, 0.29) is 5.69 Å². The first-order valence-corrected chi connectivity index (χ1v) is 5.17. The summed E-state index contributed by atoms with van der Waals surface area (Å²) in [7, 11) is 0. The first-order valence-electron chi connectivity index (χ1n) is 4.09. The monoisotopic (exact) mass is 321 g/mol. The van der Waals surface area contributed by atoms with Crippen molar-refractivity contribution in [2.24, 2.45) is 0 Å². The number of carboxylic acid groups (broad SMARTS) is 1. The number of hydrogen-bond donors (Lipinski definition) is 1. The fraction of sp³-hybridized carbons (Fsp3) is 0.222. The van der Waals surface area contributed by atoms with Crippen LogP contribution in [0.15, 0.2) is 18.2 Å². The third-order valence-corrected chi connectivity index (χ3v) is 2.61. The molecule has 0 saturated heterocycles. The summed E-state index contributed by atoms with van der Waals surface area (Å²) in [6.07, 6.45) is 0. The maximum Gasteiger partial charge on any atom is 0.310 e. The summed E-state index contributed by atoms with van der Waals surface area (Å²) in [6.45, 7) is 1.50. The lowest BCUT2D eigenvalue weighted by molar-refractivity contribution is -0.385. The van der Waals surface area contributed by atoms with Gasteiger partial charge in [-0.15, -0.1) is 0 Å². The highest BCUT2D eigenvalue weighted by Crippen LogP contribution is 2.24. The van der Waals surface area contributed by atoms with Gasteiger partial charge in [0.05, 0.1) is 10.8 Å². The van der Waals surface area contributed by atoms with Crippen LogP contribution in [-0.2, 0) is 4.79 Å². The molecule has 0 fully saturated rings. The predicted molar refractivity (Wildman–Crippen MR) is 61.9 cm³/mol. The van der Waals surface area contributed by atoms with Crippen LogP contribution in [0.4, 0.5) is 5.69 Å². The molecular formula is C9H8INO4. The normalized spacial score (nSPS) is 12.1. The van der Waals surface area contributed by atoms with Crippen LogP contribution in [-0.4, -0.2) is 16.0 Å². The second-order valence-corrected chi connectivity index (χ2v) is 4.31. The molecular weight excluding hydrogens is 313 g/mol. The molecule has 1 aromatic rings. The van der Waals surface area contributed by atoms with E-state index < -0.39 is 16.8 Å². The summed E-state index contributed by atoms with van der Waals surface area (Å²) >= 11 is 1.92. The smallest absolute Gasteiger partial charge is 0.310 e. The van der Waals surface area contributed by atoms with Crippen LogP contribution in [0.5, 0.6) is 0 Å². The van der Waals surface area contributed by atoms with E-state index in [2.05, 4.69) is 0 Å². The third-order valence-electron chi connectivity index (χ3n) is 1.99. The predicted octanol–water partition coefficient (Wildman–Crippen LogP) is 2.39. The number of carboxylic acids is 1. The van der Waals surface area contributed by atoms with Crippen molar-refractivity contribution in [3.8, 4) is 0 Å². The van der Waals surface area contributed by atoms with Crippen LogP contribution in [0.2, 0.25) is 0 Å². The fourth-order valence-corrected chi connectivity index (χ4v) is 1.77. The number of benzene rings is 1. The van der Waals surface area contributed by atoms with Gasteiger partial charge in [0.2, 0.25) is 0 Å². The van der Waals surface area contributed by atoms with Gasteiger partial charge >= 0.3 is 5.97 Å². The van der Waals surface area contributed by atoms with Gasteiger partial charge in [-0.05, 0) is 41.1 Å². The van der Waals surface area contributed by atoms with Gasteiger partial charge in [0.25, 0.3) is 5.69 Å². The third kappa shape index (κ3) is 2.88. The summed E-state index contributed by atoms with van der Waals surface area (Å²) in [6, 6.07) is 4.33. The maximum atomic E-state index is 10.7. The molecule has 0 bridgehead atoms. The lowest BCUT2D eigenvalue weighted by atomic mass is 10.0. The standard InChI is InChI=1S/C9H8INO4/c1-5(9(12)13)6-2-7(10)4-8(3-6)11(14)15/h2-5H,1H3,(H,12,13). The van der Waals surface area contributed by atoms with Crippen molar-refractivity contribution in [3.63, 3.8) is 0 Å². The number of aliphatic carboxylic acids is 1. The van der Waals surface area contributed by atoms with Gasteiger partial charge in [0.1, 0.15) is 0 Å². The lowest BCUT2D eigenvalue weighted by Crippen LogP contribution is -2.08. The molecule has 0 aliphatic heterocycles. The Morgan fingerprint density at radius 3 is 2.60 bits per heavy atom. The molecule has 1 rings (SSSR count). The number of hydrogen-bond acceptors (Lipinski definition) is 3. The van der Waals surface area contributed by atoms with Gasteiger partial charge in [-0.25, -0.2) is 0 Å². The van der Waals surface area contributed by atoms with Crippen molar-refractivity contribution >= 4 is 34.2 Å². The quantitative estimate of drug-likeness (QED) is 0.526. The average Bonchev–Trinajstić information content (AvgIpc) is 2.15. The minimum Gasteiger partial charge on any atom is -0.481 e. The summed E-state index contributed by atoms with van der Waals surface area (Å²) in [5.74, 6) is -1.73. The van der Waals surface area contributed by atoms with Gasteiger partial charge in [-0.1, -0.05) is 0 Å². The zero-order valence-electron chi connectivity index (χ0n) is 7.81. The fourth-order valence-electron chi connectivity index (χ4n) is 1.09. The number of non-ortho nitro benzene ring substituents is 1. The minimum absolute atomic E-state index is 0.0787. The van der Waals surface area contributed by atoms with Crippen molar-refractivity contribution in [1.29, 1.82) is 0 Å². The highest BCUT2D eigenvalue weighted by Gasteiger charge is 2.17. The molecule has 0 heterocycles. The Morgan fingerprint density at radius 1 is 1.53 bits per heavy atom. The lowest BCUT2D eigenvalue weighted by Gasteiger charge is -2.06. The molecule has 0 aliphatic carbocycles. The van der Waals surface area contributed by atoms with Crippen molar-refractivity contribution in [3.05, 3.63) is 37.4 Å². The largest absolute Gasteiger partial charge is 0.481 e. The summed E-state index contributed by atoms with van der Waals surface area (Å²) in [4.78, 5) is 20.7. The first kappa shape index (κ1) is 11.9. The second kappa shape index (κ2) is 4.56. The Balaban J connectivity index is 3.20. The van der Waals surface area contributed by atoms with Crippen molar-refractivity contribution < 1.29 is 14.8 Å². The molecule has 6 heteroatoms. The van der Waals surface area contributed by atoms with Gasteiger partial charge in [0.15, 0.2) is 0 Å². The molecule has 1 N–H and O–H groups in total. The second-order valence-electron chi connectivity index (χ2n) is 3.06. The molecule has 0 radical (unpaired) electrons. The molecule has 1 aromatic carbocycles. The molecule has 0 aromatic heterocycles. The molecule has 5 nitrogen and oxygen atoms in total. The van der Waals surface area contributed by atoms with Gasteiger partial charge < -0.3 is 5.11 Å². The number of carbonyl (C=O) groups is 1. The van der Waals surface area contributed by atoms with Crippen molar-refractivity contribution in [2.75, 3.05) is 0 Å². The van der Waals surface area contributed by atoms with E-state index in [1.165, 1.54) is 19.1 Å². The molecule has 1 atom stereocenters. The zero-order chi connectivity index (χ0) is 11.6. The van der Waals surface area contributed by atoms with E-state index in [9.17, 15) is 14.9 Å². The van der Waals surface area contributed by atoms with E-state index in [0.29, 0.717) is 9.13 Å². The van der Waals surface area contributed by atoms with Gasteiger partial charge in [-0.2, -0.15) is 0 Å². The Hall–Kier alpha value is -1.18. The Kier molecular flexibility index (Phi) is 3.61. The Morgan fingerprint density at radius 2 is 2.13 bits per heavy atom. The number of nitro groups is 1. The molecule has 80 valence electrons. The van der Waals surface area contributed by atoms with Gasteiger partial charge in [0, 0.05) is 15.7 Å². The number of nitrogens with zero attached hydrogens (tertiary/aromatic N) is 1. The van der Waals surface area contributed by atoms with Crippen LogP contribution in [0.1, 0.15) is 18.4 Å².